The normalized spacial score (nSPS) is 21.0. The Labute approximate surface area is 139 Å². The summed E-state index contributed by atoms with van der Waals surface area (Å²) in [5, 5.41) is 4.27. The van der Waals surface area contributed by atoms with Crippen LogP contribution in [0.5, 0.6) is 0 Å². The molecule has 1 fully saturated rings. The Hall–Kier alpha value is -1.33. The molecular weight excluding hydrogens is 344 g/mol. The second kappa shape index (κ2) is 6.05. The van der Waals surface area contributed by atoms with E-state index in [1.807, 2.05) is 29.0 Å². The highest BCUT2D eigenvalue weighted by Gasteiger charge is 2.29. The van der Waals surface area contributed by atoms with E-state index in [1.165, 1.54) is 0 Å². The Morgan fingerprint density at radius 1 is 1.45 bits per heavy atom. The molecule has 0 saturated carbocycles. The minimum atomic E-state index is -0.150. The molecule has 0 unspecified atom stereocenters. The van der Waals surface area contributed by atoms with Crippen molar-refractivity contribution in [1.82, 2.24) is 9.88 Å². The lowest BCUT2D eigenvalue weighted by molar-refractivity contribution is -0.124. The van der Waals surface area contributed by atoms with Crippen LogP contribution < -0.4 is 5.32 Å². The van der Waals surface area contributed by atoms with Crippen LogP contribution in [0.3, 0.4) is 0 Å². The smallest absolute Gasteiger partial charge is 0.240 e. The molecule has 1 aliphatic heterocycles. The van der Waals surface area contributed by atoms with Gasteiger partial charge in [-0.05, 0) is 51.0 Å². The van der Waals surface area contributed by atoms with Crippen molar-refractivity contribution in [3.8, 4) is 0 Å². The zero-order valence-corrected chi connectivity index (χ0v) is 14.5. The van der Waals surface area contributed by atoms with E-state index < -0.39 is 0 Å². The Morgan fingerprint density at radius 2 is 2.27 bits per heavy atom. The van der Waals surface area contributed by atoms with Crippen LogP contribution in [-0.2, 0) is 16.1 Å². The molecule has 1 aromatic heterocycles. The van der Waals surface area contributed by atoms with E-state index in [0.717, 1.165) is 28.2 Å². The summed E-state index contributed by atoms with van der Waals surface area (Å²) in [6, 6.07) is 8.32. The van der Waals surface area contributed by atoms with Crippen molar-refractivity contribution in [2.24, 2.45) is 0 Å². The number of rotatable bonds is 3. The van der Waals surface area contributed by atoms with E-state index in [9.17, 15) is 4.79 Å². The minimum Gasteiger partial charge on any atom is -0.375 e. The Kier molecular flexibility index (Phi) is 4.28. The van der Waals surface area contributed by atoms with Gasteiger partial charge in [0.15, 0.2) is 0 Å². The van der Waals surface area contributed by atoms with Crippen LogP contribution in [0.4, 0.5) is 0 Å². The fourth-order valence-corrected chi connectivity index (χ4v) is 3.47. The van der Waals surface area contributed by atoms with Crippen molar-refractivity contribution < 1.29 is 9.53 Å². The number of amides is 1. The molecule has 1 atom stereocenters. The van der Waals surface area contributed by atoms with Crippen molar-refractivity contribution >= 4 is 32.7 Å². The molecule has 3 rings (SSSR count). The molecule has 1 aromatic carbocycles. The quantitative estimate of drug-likeness (QED) is 0.905. The van der Waals surface area contributed by atoms with E-state index in [4.69, 9.17) is 4.74 Å². The van der Waals surface area contributed by atoms with Gasteiger partial charge in [0, 0.05) is 34.2 Å². The highest BCUT2D eigenvalue weighted by Crippen LogP contribution is 2.24. The summed E-state index contributed by atoms with van der Waals surface area (Å²) in [5.74, 6) is 0.0584. The van der Waals surface area contributed by atoms with Crippen LogP contribution in [0.1, 0.15) is 26.7 Å². The number of hydrogen-bond acceptors (Lipinski definition) is 2. The van der Waals surface area contributed by atoms with Gasteiger partial charge in [-0.15, -0.1) is 0 Å². The number of nitrogens with one attached hydrogen (secondary N) is 1. The summed E-state index contributed by atoms with van der Waals surface area (Å²) in [5.41, 5.74) is 0.925. The van der Waals surface area contributed by atoms with Crippen molar-refractivity contribution in [2.45, 2.75) is 44.9 Å². The molecule has 22 heavy (non-hydrogen) atoms. The number of carbonyl (C=O) groups excluding carboxylic acids is 1. The van der Waals surface area contributed by atoms with Crippen LogP contribution in [0.25, 0.3) is 10.9 Å². The lowest BCUT2D eigenvalue weighted by Gasteiger charge is -2.35. The van der Waals surface area contributed by atoms with Crippen LogP contribution in [0.2, 0.25) is 0 Å². The molecule has 0 bridgehead atoms. The van der Waals surface area contributed by atoms with Crippen LogP contribution in [-0.4, -0.2) is 28.7 Å². The zero-order valence-electron chi connectivity index (χ0n) is 12.9. The average Bonchev–Trinajstić information content (AvgIpc) is 2.79. The van der Waals surface area contributed by atoms with Gasteiger partial charge in [0.1, 0.15) is 6.54 Å². The summed E-state index contributed by atoms with van der Waals surface area (Å²) in [6.45, 7) is 5.20. The number of aromatic nitrogens is 1. The van der Waals surface area contributed by atoms with Crippen LogP contribution in [0.15, 0.2) is 34.9 Å². The Morgan fingerprint density at radius 3 is 3.05 bits per heavy atom. The van der Waals surface area contributed by atoms with Gasteiger partial charge in [0.05, 0.1) is 5.60 Å². The lowest BCUT2D eigenvalue weighted by Crippen LogP contribution is -2.46. The van der Waals surface area contributed by atoms with Gasteiger partial charge in [-0.3, -0.25) is 4.79 Å². The number of benzene rings is 1. The monoisotopic (exact) mass is 364 g/mol. The number of fused-ring (bicyclic) bond motifs is 1. The van der Waals surface area contributed by atoms with Crippen molar-refractivity contribution in [3.63, 3.8) is 0 Å². The highest BCUT2D eigenvalue weighted by molar-refractivity contribution is 9.10. The van der Waals surface area contributed by atoms with Gasteiger partial charge in [-0.2, -0.15) is 0 Å². The summed E-state index contributed by atoms with van der Waals surface area (Å²) in [6.07, 6.45) is 3.71. The van der Waals surface area contributed by atoms with E-state index in [0.29, 0.717) is 13.2 Å². The van der Waals surface area contributed by atoms with Crippen molar-refractivity contribution in [2.75, 3.05) is 6.61 Å². The Bertz CT molecular complexity index is 693. The molecule has 5 heteroatoms. The average molecular weight is 365 g/mol. The zero-order chi connectivity index (χ0) is 15.7. The summed E-state index contributed by atoms with van der Waals surface area (Å²) >= 11 is 3.47. The number of halogens is 1. The molecule has 4 nitrogen and oxygen atoms in total. The third-order valence-corrected chi connectivity index (χ3v) is 4.60. The molecule has 0 aliphatic carbocycles. The molecule has 1 saturated heterocycles. The predicted molar refractivity (Wildman–Crippen MR) is 90.8 cm³/mol. The van der Waals surface area contributed by atoms with E-state index in [2.05, 4.69) is 41.2 Å². The molecule has 2 heterocycles. The molecule has 0 radical (unpaired) electrons. The van der Waals surface area contributed by atoms with Gasteiger partial charge >= 0.3 is 0 Å². The summed E-state index contributed by atoms with van der Waals surface area (Å²) in [4.78, 5) is 12.3. The number of ether oxygens (including phenoxy) is 1. The first-order chi connectivity index (χ1) is 10.4. The van der Waals surface area contributed by atoms with Gasteiger partial charge in [0.25, 0.3) is 0 Å². The minimum absolute atomic E-state index is 0.0584. The lowest BCUT2D eigenvalue weighted by atomic mass is 9.94. The maximum atomic E-state index is 12.3. The van der Waals surface area contributed by atoms with Crippen LogP contribution >= 0.6 is 15.9 Å². The fourth-order valence-electron chi connectivity index (χ4n) is 3.09. The van der Waals surface area contributed by atoms with Crippen molar-refractivity contribution in [3.05, 3.63) is 34.9 Å². The number of carbonyl (C=O) groups is 1. The maximum absolute atomic E-state index is 12.3. The largest absolute Gasteiger partial charge is 0.375 e. The number of hydrogen-bond donors (Lipinski definition) is 1. The van der Waals surface area contributed by atoms with Gasteiger partial charge in [-0.25, -0.2) is 0 Å². The number of nitrogens with zero attached hydrogens (tertiary/aromatic N) is 1. The molecule has 1 N–H and O–H groups in total. The molecule has 1 amide bonds. The molecule has 0 spiro atoms. The third-order valence-electron chi connectivity index (χ3n) is 4.11. The maximum Gasteiger partial charge on any atom is 0.240 e. The first kappa shape index (κ1) is 15.6. The molecule has 2 aromatic rings. The third kappa shape index (κ3) is 3.52. The molecular formula is C17H21BrN2O2. The Balaban J connectivity index is 1.66. The predicted octanol–water partition coefficient (Wildman–Crippen LogP) is 3.48. The SMILES string of the molecule is CC1(C)C[C@H](NC(=O)Cn2ccc3cc(Br)ccc32)CCO1. The molecule has 118 valence electrons. The van der Waals surface area contributed by atoms with E-state index in [-0.39, 0.29) is 17.6 Å². The standard InChI is InChI=1S/C17H21BrN2O2/c1-17(2)10-14(6-8-22-17)19-16(21)11-20-7-5-12-9-13(18)3-4-15(12)20/h3-5,7,9,14H,6,8,10-11H2,1-2H3,(H,19,21)/t14-/m1/s1. The van der Waals surface area contributed by atoms with E-state index in [1.54, 1.807) is 0 Å². The second-order valence-electron chi connectivity index (χ2n) is 6.51. The van der Waals surface area contributed by atoms with Crippen molar-refractivity contribution in [1.29, 1.82) is 0 Å². The van der Waals surface area contributed by atoms with Gasteiger partial charge in [-0.1, -0.05) is 15.9 Å². The topological polar surface area (TPSA) is 43.3 Å². The highest BCUT2D eigenvalue weighted by atomic mass is 79.9. The van der Waals surface area contributed by atoms with Gasteiger partial charge < -0.3 is 14.6 Å². The van der Waals surface area contributed by atoms with E-state index >= 15 is 0 Å². The summed E-state index contributed by atoms with van der Waals surface area (Å²) < 4.78 is 8.73. The first-order valence-corrected chi connectivity index (χ1v) is 8.40. The summed E-state index contributed by atoms with van der Waals surface area (Å²) in [7, 11) is 0. The molecule has 1 aliphatic rings. The van der Waals surface area contributed by atoms with Crippen LogP contribution in [0, 0.1) is 0 Å². The second-order valence-corrected chi connectivity index (χ2v) is 7.43. The fraction of sp³-hybridized carbons (Fsp3) is 0.471. The first-order valence-electron chi connectivity index (χ1n) is 7.61. The van der Waals surface area contributed by atoms with Gasteiger partial charge in [0.2, 0.25) is 5.91 Å².